The van der Waals surface area contributed by atoms with E-state index in [4.69, 9.17) is 11.6 Å². The van der Waals surface area contributed by atoms with Gasteiger partial charge < -0.3 is 9.88 Å². The van der Waals surface area contributed by atoms with Crippen LogP contribution in [0.25, 0.3) is 10.2 Å². The molecule has 0 aliphatic carbocycles. The van der Waals surface area contributed by atoms with Gasteiger partial charge in [-0.3, -0.25) is 4.79 Å². The molecule has 2 aromatic rings. The highest BCUT2D eigenvalue weighted by molar-refractivity contribution is 7.22. The average molecular weight is 285 g/mol. The molecule has 0 aliphatic heterocycles. The molecule has 1 N–H and O–H groups in total. The van der Waals surface area contributed by atoms with Crippen LogP contribution in [-0.4, -0.2) is 16.5 Å². The third-order valence-corrected chi connectivity index (χ3v) is 4.30. The number of carbonyl (C=O) groups excluding carboxylic acids is 1. The molecule has 1 atom stereocenters. The highest BCUT2D eigenvalue weighted by Gasteiger charge is 2.17. The Bertz CT molecular complexity index is 573. The highest BCUT2D eigenvalue weighted by atomic mass is 35.5. The number of halogens is 1. The molecule has 3 nitrogen and oxygen atoms in total. The number of carbonyl (C=O) groups is 1. The Morgan fingerprint density at radius 1 is 1.50 bits per heavy atom. The topological polar surface area (TPSA) is 34.0 Å². The van der Waals surface area contributed by atoms with Crippen molar-refractivity contribution in [2.75, 3.05) is 0 Å². The van der Waals surface area contributed by atoms with Crippen LogP contribution in [0.15, 0.2) is 12.1 Å². The van der Waals surface area contributed by atoms with Crippen LogP contribution >= 0.6 is 22.9 Å². The van der Waals surface area contributed by atoms with Gasteiger partial charge in [0.15, 0.2) is 0 Å². The lowest BCUT2D eigenvalue weighted by atomic mass is 10.2. The summed E-state index contributed by atoms with van der Waals surface area (Å²) in [6.45, 7) is 6.86. The summed E-state index contributed by atoms with van der Waals surface area (Å²) in [6.07, 6.45) is 0.929. The monoisotopic (exact) mass is 284 g/mol. The van der Waals surface area contributed by atoms with E-state index in [0.29, 0.717) is 0 Å². The minimum Gasteiger partial charge on any atom is -0.348 e. The molecule has 18 heavy (non-hydrogen) atoms. The van der Waals surface area contributed by atoms with Crippen molar-refractivity contribution in [3.8, 4) is 0 Å². The number of rotatable bonds is 4. The molecule has 0 saturated carbocycles. The highest BCUT2D eigenvalue weighted by Crippen LogP contribution is 2.32. The number of amides is 1. The van der Waals surface area contributed by atoms with Crippen molar-refractivity contribution in [1.82, 2.24) is 9.88 Å². The fourth-order valence-electron chi connectivity index (χ4n) is 1.94. The average Bonchev–Trinajstić information content (AvgIpc) is 2.84. The van der Waals surface area contributed by atoms with Crippen molar-refractivity contribution in [3.63, 3.8) is 0 Å². The quantitative estimate of drug-likeness (QED) is 0.908. The second-order valence-electron chi connectivity index (χ2n) is 4.36. The van der Waals surface area contributed by atoms with Crippen molar-refractivity contribution < 1.29 is 4.79 Å². The molecule has 98 valence electrons. The molecule has 5 heteroatoms. The minimum atomic E-state index is -0.00859. The second kappa shape index (κ2) is 5.33. The first-order valence-corrected chi connectivity index (χ1v) is 7.35. The molecule has 0 aliphatic rings. The molecule has 2 rings (SSSR count). The maximum Gasteiger partial charge on any atom is 0.268 e. The predicted octanol–water partition coefficient (Wildman–Crippen LogP) is 3.90. The molecule has 1 unspecified atom stereocenters. The summed E-state index contributed by atoms with van der Waals surface area (Å²) in [5, 5.41) is 3.00. The standard InChI is InChI=1S/C13H17ClN2OS/c1-4-8(3)15-13(17)10-6-11-9(16(10)5-2)7-12(14)18-11/h6-8H,4-5H2,1-3H3,(H,15,17). The number of nitrogens with one attached hydrogen (secondary N) is 1. The molecular formula is C13H17ClN2OS. The van der Waals surface area contributed by atoms with E-state index in [-0.39, 0.29) is 11.9 Å². The van der Waals surface area contributed by atoms with Gasteiger partial charge in [0.25, 0.3) is 5.91 Å². The lowest BCUT2D eigenvalue weighted by Gasteiger charge is -2.12. The van der Waals surface area contributed by atoms with Crippen LogP contribution in [0.3, 0.4) is 0 Å². The van der Waals surface area contributed by atoms with Crippen LogP contribution in [-0.2, 0) is 6.54 Å². The van der Waals surface area contributed by atoms with Crippen LogP contribution in [0, 0.1) is 0 Å². The number of hydrogen-bond donors (Lipinski definition) is 1. The molecule has 2 aromatic heterocycles. The minimum absolute atomic E-state index is 0.00859. The largest absolute Gasteiger partial charge is 0.348 e. The van der Waals surface area contributed by atoms with Crippen molar-refractivity contribution in [2.24, 2.45) is 0 Å². The number of aryl methyl sites for hydroxylation is 1. The lowest BCUT2D eigenvalue weighted by Crippen LogP contribution is -2.33. The van der Waals surface area contributed by atoms with Crippen LogP contribution in [0.4, 0.5) is 0 Å². The molecule has 0 fully saturated rings. The number of fused-ring (bicyclic) bond motifs is 1. The van der Waals surface area contributed by atoms with Crippen molar-refractivity contribution in [2.45, 2.75) is 39.8 Å². The molecule has 0 saturated heterocycles. The molecule has 0 bridgehead atoms. The summed E-state index contributed by atoms with van der Waals surface area (Å²) >= 11 is 7.51. The van der Waals surface area contributed by atoms with E-state index < -0.39 is 0 Å². The Hall–Kier alpha value is -1.00. The first-order valence-electron chi connectivity index (χ1n) is 6.16. The van der Waals surface area contributed by atoms with Gasteiger partial charge in [-0.2, -0.15) is 0 Å². The van der Waals surface area contributed by atoms with Gasteiger partial charge in [0.2, 0.25) is 0 Å². The Labute approximate surface area is 116 Å². The predicted molar refractivity (Wildman–Crippen MR) is 77.7 cm³/mol. The summed E-state index contributed by atoms with van der Waals surface area (Å²) in [4.78, 5) is 12.2. The first kappa shape index (κ1) is 13.4. The molecule has 2 heterocycles. The number of hydrogen-bond acceptors (Lipinski definition) is 2. The number of nitrogens with zero attached hydrogens (tertiary/aromatic N) is 1. The fraction of sp³-hybridized carbons (Fsp3) is 0.462. The zero-order valence-corrected chi connectivity index (χ0v) is 12.4. The molecule has 1 amide bonds. The van der Waals surface area contributed by atoms with Crippen molar-refractivity contribution in [3.05, 3.63) is 22.2 Å². The van der Waals surface area contributed by atoms with Crippen LogP contribution in [0.5, 0.6) is 0 Å². The zero-order chi connectivity index (χ0) is 13.3. The van der Waals surface area contributed by atoms with Crippen molar-refractivity contribution >= 4 is 39.1 Å². The van der Waals surface area contributed by atoms with Gasteiger partial charge in [0, 0.05) is 12.6 Å². The Morgan fingerprint density at radius 3 is 2.83 bits per heavy atom. The Balaban J connectivity index is 2.38. The first-order chi connectivity index (χ1) is 8.56. The number of aromatic nitrogens is 1. The zero-order valence-electron chi connectivity index (χ0n) is 10.8. The van der Waals surface area contributed by atoms with Crippen LogP contribution < -0.4 is 5.32 Å². The third kappa shape index (κ3) is 2.40. The van der Waals surface area contributed by atoms with Crippen LogP contribution in [0.2, 0.25) is 4.34 Å². The number of thiophene rings is 1. The maximum absolute atomic E-state index is 12.2. The Morgan fingerprint density at radius 2 is 2.22 bits per heavy atom. The van der Waals surface area contributed by atoms with Gasteiger partial charge >= 0.3 is 0 Å². The van der Waals surface area contributed by atoms with Gasteiger partial charge in [-0.1, -0.05) is 18.5 Å². The van der Waals surface area contributed by atoms with Gasteiger partial charge in [0.05, 0.1) is 14.6 Å². The molecule has 0 spiro atoms. The summed E-state index contributed by atoms with van der Waals surface area (Å²) < 4.78 is 3.84. The SMILES string of the molecule is CCC(C)NC(=O)c1cc2sc(Cl)cc2n1CC. The fourth-order valence-corrected chi connectivity index (χ4v) is 3.12. The third-order valence-electron chi connectivity index (χ3n) is 3.10. The van der Waals surface area contributed by atoms with E-state index >= 15 is 0 Å². The second-order valence-corrected chi connectivity index (χ2v) is 6.07. The molecule has 0 radical (unpaired) electrons. The normalized spacial score (nSPS) is 12.9. The van der Waals surface area contributed by atoms with Crippen molar-refractivity contribution in [1.29, 1.82) is 0 Å². The van der Waals surface area contributed by atoms with E-state index in [1.165, 1.54) is 11.3 Å². The lowest BCUT2D eigenvalue weighted by molar-refractivity contribution is 0.0930. The summed E-state index contributed by atoms with van der Waals surface area (Å²) in [5.41, 5.74) is 1.76. The van der Waals surface area contributed by atoms with Gasteiger partial charge in [-0.25, -0.2) is 0 Å². The van der Waals surface area contributed by atoms with E-state index in [2.05, 4.69) is 12.2 Å². The van der Waals surface area contributed by atoms with Gasteiger partial charge in [-0.15, -0.1) is 11.3 Å². The Kier molecular flexibility index (Phi) is 3.97. The van der Waals surface area contributed by atoms with Gasteiger partial charge in [0.1, 0.15) is 5.69 Å². The van der Waals surface area contributed by atoms with E-state index in [0.717, 1.165) is 33.2 Å². The maximum atomic E-state index is 12.2. The summed E-state index contributed by atoms with van der Waals surface area (Å²) in [7, 11) is 0. The van der Waals surface area contributed by atoms with Gasteiger partial charge in [-0.05, 0) is 32.4 Å². The molecule has 0 aromatic carbocycles. The van der Waals surface area contributed by atoms with E-state index in [1.807, 2.05) is 30.5 Å². The van der Waals surface area contributed by atoms with E-state index in [9.17, 15) is 4.79 Å². The summed E-state index contributed by atoms with van der Waals surface area (Å²) in [5.74, 6) is -0.00859. The smallest absolute Gasteiger partial charge is 0.268 e. The molecular weight excluding hydrogens is 268 g/mol. The van der Waals surface area contributed by atoms with E-state index in [1.54, 1.807) is 0 Å². The summed E-state index contributed by atoms with van der Waals surface area (Å²) in [6, 6.07) is 4.04. The van der Waals surface area contributed by atoms with Crippen LogP contribution in [0.1, 0.15) is 37.7 Å².